The predicted octanol–water partition coefficient (Wildman–Crippen LogP) is 4.29. The number of esters is 1. The summed E-state index contributed by atoms with van der Waals surface area (Å²) in [6.45, 7) is 5.52. The molecule has 0 radical (unpaired) electrons. The lowest BCUT2D eigenvalue weighted by Gasteiger charge is -2.12. The van der Waals surface area contributed by atoms with Gasteiger partial charge in [0.25, 0.3) is 0 Å². The first-order valence-electron chi connectivity index (χ1n) is 7.65. The molecule has 0 aromatic carbocycles. The van der Waals surface area contributed by atoms with Crippen LogP contribution in [0.1, 0.15) is 71.1 Å². The molecule has 0 aliphatic heterocycles. The average molecular weight is 284 g/mol. The third-order valence-corrected chi connectivity index (χ3v) is 3.36. The normalized spacial score (nSPS) is 11.8. The number of carboxylic acids is 1. The number of carbonyl (C=O) groups is 2. The molecule has 0 rings (SSSR count). The number of unbranched alkanes of at least 4 members (excludes halogenated alkanes) is 7. The SMILES string of the molecule is C=COC(=O)C(CCCCCCCCCC)CC(=O)O. The monoisotopic (exact) mass is 284 g/mol. The van der Waals surface area contributed by atoms with Gasteiger partial charge in [0.1, 0.15) is 0 Å². The Bertz CT molecular complexity index is 286. The fourth-order valence-electron chi connectivity index (χ4n) is 2.22. The number of hydrogen-bond donors (Lipinski definition) is 1. The molecular formula is C16H28O4. The minimum absolute atomic E-state index is 0.164. The molecule has 0 aromatic rings. The fraction of sp³-hybridized carbons (Fsp3) is 0.750. The van der Waals surface area contributed by atoms with Crippen LogP contribution in [0, 0.1) is 5.92 Å². The van der Waals surface area contributed by atoms with Crippen molar-refractivity contribution in [1.82, 2.24) is 0 Å². The first-order valence-corrected chi connectivity index (χ1v) is 7.65. The van der Waals surface area contributed by atoms with Gasteiger partial charge >= 0.3 is 11.9 Å². The van der Waals surface area contributed by atoms with Crippen molar-refractivity contribution in [3.05, 3.63) is 12.8 Å². The molecule has 0 bridgehead atoms. The van der Waals surface area contributed by atoms with Gasteiger partial charge in [-0.25, -0.2) is 0 Å². The van der Waals surface area contributed by atoms with Crippen LogP contribution in [-0.2, 0) is 14.3 Å². The van der Waals surface area contributed by atoms with Crippen LogP contribution in [-0.4, -0.2) is 17.0 Å². The molecule has 1 unspecified atom stereocenters. The molecule has 1 atom stereocenters. The van der Waals surface area contributed by atoms with E-state index >= 15 is 0 Å². The van der Waals surface area contributed by atoms with Crippen LogP contribution < -0.4 is 0 Å². The second-order valence-corrected chi connectivity index (χ2v) is 5.16. The van der Waals surface area contributed by atoms with Crippen LogP contribution in [0.15, 0.2) is 12.8 Å². The summed E-state index contributed by atoms with van der Waals surface area (Å²) in [7, 11) is 0. The van der Waals surface area contributed by atoms with Crippen molar-refractivity contribution in [3.8, 4) is 0 Å². The molecule has 116 valence electrons. The minimum atomic E-state index is -0.962. The zero-order valence-electron chi connectivity index (χ0n) is 12.6. The van der Waals surface area contributed by atoms with Gasteiger partial charge < -0.3 is 9.84 Å². The summed E-state index contributed by atoms with van der Waals surface area (Å²) in [5.74, 6) is -1.99. The molecule has 0 aliphatic rings. The standard InChI is InChI=1S/C16H28O4/c1-3-5-6-7-8-9-10-11-12-14(13-15(17)18)16(19)20-4-2/h4,14H,2-3,5-13H2,1H3,(H,17,18). The van der Waals surface area contributed by atoms with Crippen molar-refractivity contribution in [2.24, 2.45) is 5.92 Å². The third kappa shape index (κ3) is 10.6. The summed E-state index contributed by atoms with van der Waals surface area (Å²) in [4.78, 5) is 22.3. The molecule has 1 N–H and O–H groups in total. The largest absolute Gasteiger partial charge is 0.481 e. The Kier molecular flexibility index (Phi) is 11.9. The highest BCUT2D eigenvalue weighted by Gasteiger charge is 2.22. The van der Waals surface area contributed by atoms with E-state index < -0.39 is 17.9 Å². The highest BCUT2D eigenvalue weighted by molar-refractivity contribution is 5.79. The van der Waals surface area contributed by atoms with Gasteiger partial charge in [-0.1, -0.05) is 64.9 Å². The molecule has 0 spiro atoms. The highest BCUT2D eigenvalue weighted by Crippen LogP contribution is 2.17. The number of carbonyl (C=O) groups excluding carboxylic acids is 1. The molecule has 0 aromatic heterocycles. The van der Waals surface area contributed by atoms with Crippen LogP contribution >= 0.6 is 0 Å². The van der Waals surface area contributed by atoms with Crippen molar-refractivity contribution in [2.45, 2.75) is 71.1 Å². The second kappa shape index (κ2) is 12.7. The maximum atomic E-state index is 11.6. The van der Waals surface area contributed by atoms with Gasteiger partial charge in [-0.3, -0.25) is 9.59 Å². The van der Waals surface area contributed by atoms with E-state index in [9.17, 15) is 9.59 Å². The topological polar surface area (TPSA) is 63.6 Å². The Morgan fingerprint density at radius 3 is 2.15 bits per heavy atom. The number of rotatable bonds is 13. The Morgan fingerprint density at radius 1 is 1.10 bits per heavy atom. The Balaban J connectivity index is 3.76. The predicted molar refractivity (Wildman–Crippen MR) is 79.3 cm³/mol. The van der Waals surface area contributed by atoms with Crippen LogP contribution in [0.25, 0.3) is 0 Å². The lowest BCUT2D eigenvalue weighted by atomic mass is 9.97. The first-order chi connectivity index (χ1) is 9.61. The zero-order chi connectivity index (χ0) is 15.2. The summed E-state index contributed by atoms with van der Waals surface area (Å²) in [5, 5.41) is 8.79. The van der Waals surface area contributed by atoms with Crippen LogP contribution in [0.3, 0.4) is 0 Å². The fourth-order valence-corrected chi connectivity index (χ4v) is 2.22. The van der Waals surface area contributed by atoms with Crippen molar-refractivity contribution in [2.75, 3.05) is 0 Å². The molecule has 4 nitrogen and oxygen atoms in total. The quantitative estimate of drug-likeness (QED) is 0.311. The smallest absolute Gasteiger partial charge is 0.314 e. The van der Waals surface area contributed by atoms with Gasteiger partial charge in [0.2, 0.25) is 0 Å². The van der Waals surface area contributed by atoms with E-state index in [0.29, 0.717) is 6.42 Å². The lowest BCUT2D eigenvalue weighted by molar-refractivity contribution is -0.149. The van der Waals surface area contributed by atoms with E-state index in [2.05, 4.69) is 18.2 Å². The summed E-state index contributed by atoms with van der Waals surface area (Å²) in [6, 6.07) is 0. The van der Waals surface area contributed by atoms with Crippen LogP contribution in [0.4, 0.5) is 0 Å². The molecule has 0 amide bonds. The molecule has 0 heterocycles. The van der Waals surface area contributed by atoms with Gasteiger partial charge in [-0.05, 0) is 6.42 Å². The number of ether oxygens (including phenoxy) is 1. The Labute approximate surface area is 122 Å². The van der Waals surface area contributed by atoms with Gasteiger partial charge in [-0.15, -0.1) is 0 Å². The molecule has 0 aliphatic carbocycles. The summed E-state index contributed by atoms with van der Waals surface area (Å²) < 4.78 is 4.69. The van der Waals surface area contributed by atoms with Crippen molar-refractivity contribution in [1.29, 1.82) is 0 Å². The average Bonchev–Trinajstić information content (AvgIpc) is 2.40. The van der Waals surface area contributed by atoms with E-state index in [1.165, 1.54) is 32.1 Å². The molecular weight excluding hydrogens is 256 g/mol. The molecule has 0 fully saturated rings. The molecule has 0 saturated heterocycles. The Morgan fingerprint density at radius 2 is 1.65 bits per heavy atom. The van der Waals surface area contributed by atoms with Crippen molar-refractivity contribution < 1.29 is 19.4 Å². The second-order valence-electron chi connectivity index (χ2n) is 5.16. The van der Waals surface area contributed by atoms with Crippen molar-refractivity contribution in [3.63, 3.8) is 0 Å². The molecule has 20 heavy (non-hydrogen) atoms. The number of hydrogen-bond acceptors (Lipinski definition) is 3. The number of aliphatic carboxylic acids is 1. The van der Waals surface area contributed by atoms with Gasteiger partial charge in [0.15, 0.2) is 0 Å². The molecule has 4 heteroatoms. The van der Waals surface area contributed by atoms with Gasteiger partial charge in [-0.2, -0.15) is 0 Å². The molecule has 0 saturated carbocycles. The minimum Gasteiger partial charge on any atom is -0.481 e. The summed E-state index contributed by atoms with van der Waals surface area (Å²) in [6.07, 6.45) is 10.9. The summed E-state index contributed by atoms with van der Waals surface area (Å²) in [5.41, 5.74) is 0. The maximum Gasteiger partial charge on any atom is 0.314 e. The van der Waals surface area contributed by atoms with E-state index in [1.807, 2.05) is 0 Å². The van der Waals surface area contributed by atoms with Crippen LogP contribution in [0.5, 0.6) is 0 Å². The zero-order valence-corrected chi connectivity index (χ0v) is 12.6. The lowest BCUT2D eigenvalue weighted by Crippen LogP contribution is -2.19. The third-order valence-electron chi connectivity index (χ3n) is 3.36. The van der Waals surface area contributed by atoms with E-state index in [0.717, 1.165) is 25.5 Å². The first kappa shape index (κ1) is 18.7. The van der Waals surface area contributed by atoms with E-state index in [-0.39, 0.29) is 6.42 Å². The van der Waals surface area contributed by atoms with E-state index in [4.69, 9.17) is 5.11 Å². The highest BCUT2D eigenvalue weighted by atomic mass is 16.5. The van der Waals surface area contributed by atoms with E-state index in [1.54, 1.807) is 0 Å². The maximum absolute atomic E-state index is 11.6. The number of carboxylic acid groups (broad SMARTS) is 1. The van der Waals surface area contributed by atoms with Gasteiger partial charge in [0.05, 0.1) is 18.6 Å². The van der Waals surface area contributed by atoms with Gasteiger partial charge in [0, 0.05) is 0 Å². The summed E-state index contributed by atoms with van der Waals surface area (Å²) >= 11 is 0. The van der Waals surface area contributed by atoms with Crippen molar-refractivity contribution >= 4 is 11.9 Å². The van der Waals surface area contributed by atoms with Crippen LogP contribution in [0.2, 0.25) is 0 Å². The Hall–Kier alpha value is -1.32.